The van der Waals surface area contributed by atoms with Crippen molar-refractivity contribution >= 4 is 6.21 Å². The summed E-state index contributed by atoms with van der Waals surface area (Å²) in [5.74, 6) is -0.327. The number of H-pyrrole nitrogens is 1. The van der Waals surface area contributed by atoms with Gasteiger partial charge in [-0.15, -0.1) is 0 Å². The van der Waals surface area contributed by atoms with E-state index in [-0.39, 0.29) is 11.4 Å². The molecule has 1 saturated heterocycles. The molecular weight excluding hydrogens is 300 g/mol. The molecule has 8 nitrogen and oxygen atoms in total. The predicted octanol–water partition coefficient (Wildman–Crippen LogP) is 0.489. The summed E-state index contributed by atoms with van der Waals surface area (Å²) in [5, 5.41) is 16.2. The van der Waals surface area contributed by atoms with Gasteiger partial charge in [0, 0.05) is 6.54 Å². The first-order valence-corrected chi connectivity index (χ1v) is 8.06. The van der Waals surface area contributed by atoms with Crippen LogP contribution in [0, 0.1) is 0 Å². The molecular formula is C15H24N4O4. The fourth-order valence-electron chi connectivity index (χ4n) is 2.40. The largest absolute Gasteiger partial charge is 0.494 e. The molecule has 8 heteroatoms. The molecule has 0 bridgehead atoms. The van der Waals surface area contributed by atoms with Crippen LogP contribution in [0.5, 0.6) is 5.88 Å². The molecule has 0 aliphatic carbocycles. The van der Waals surface area contributed by atoms with Gasteiger partial charge in [-0.25, -0.2) is 4.79 Å². The van der Waals surface area contributed by atoms with Crippen molar-refractivity contribution in [1.29, 1.82) is 0 Å². The first kappa shape index (κ1) is 17.3. The molecule has 1 aliphatic heterocycles. The molecule has 0 spiro atoms. The van der Waals surface area contributed by atoms with Crippen molar-refractivity contribution in [3.63, 3.8) is 0 Å². The lowest BCUT2D eigenvalue weighted by atomic mass is 10.2. The Bertz CT molecular complexity index is 644. The molecule has 2 heterocycles. The fourth-order valence-corrected chi connectivity index (χ4v) is 2.40. The highest BCUT2D eigenvalue weighted by molar-refractivity contribution is 5.81. The van der Waals surface area contributed by atoms with Gasteiger partial charge in [-0.2, -0.15) is 5.10 Å². The molecule has 0 aromatic carbocycles. The van der Waals surface area contributed by atoms with E-state index in [1.807, 2.05) is 0 Å². The Kier molecular flexibility index (Phi) is 6.40. The van der Waals surface area contributed by atoms with Gasteiger partial charge in [0.2, 0.25) is 5.88 Å². The number of hydrogen-bond donors (Lipinski definition) is 2. The number of unbranched alkanes of at least 4 members (excludes halogenated alkanes) is 3. The number of aromatic hydroxyl groups is 1. The first-order valence-electron chi connectivity index (χ1n) is 8.06. The molecule has 128 valence electrons. The van der Waals surface area contributed by atoms with E-state index in [9.17, 15) is 14.7 Å². The highest BCUT2D eigenvalue weighted by Crippen LogP contribution is 2.10. The van der Waals surface area contributed by atoms with Gasteiger partial charge in [-0.05, 0) is 6.42 Å². The third-order valence-corrected chi connectivity index (χ3v) is 3.78. The van der Waals surface area contributed by atoms with Crippen LogP contribution in [0.2, 0.25) is 0 Å². The normalized spacial score (nSPS) is 15.4. The molecule has 2 rings (SSSR count). The third-order valence-electron chi connectivity index (χ3n) is 3.78. The van der Waals surface area contributed by atoms with Crippen LogP contribution in [-0.2, 0) is 11.3 Å². The average molecular weight is 324 g/mol. The zero-order valence-electron chi connectivity index (χ0n) is 13.5. The van der Waals surface area contributed by atoms with Gasteiger partial charge in [0.25, 0.3) is 5.56 Å². The van der Waals surface area contributed by atoms with Crippen molar-refractivity contribution < 1.29 is 9.84 Å². The second-order valence-electron chi connectivity index (χ2n) is 5.52. The van der Waals surface area contributed by atoms with E-state index in [1.54, 1.807) is 5.01 Å². The van der Waals surface area contributed by atoms with Crippen LogP contribution >= 0.6 is 0 Å². The maximum Gasteiger partial charge on any atom is 0.331 e. The Morgan fingerprint density at radius 3 is 2.70 bits per heavy atom. The summed E-state index contributed by atoms with van der Waals surface area (Å²) >= 11 is 0. The van der Waals surface area contributed by atoms with Gasteiger partial charge in [-0.1, -0.05) is 26.2 Å². The Labute approximate surface area is 134 Å². The van der Waals surface area contributed by atoms with Crippen molar-refractivity contribution in [2.75, 3.05) is 26.3 Å². The molecule has 1 aromatic rings. The molecule has 0 radical (unpaired) electrons. The number of rotatable bonds is 7. The molecule has 0 atom stereocenters. The molecule has 0 unspecified atom stereocenters. The monoisotopic (exact) mass is 324 g/mol. The zero-order valence-corrected chi connectivity index (χ0v) is 13.5. The SMILES string of the molecule is CCCCCCn1c(O)c(/C=N/N2CCOCC2)c(=O)[nH]c1=O. The first-order chi connectivity index (χ1) is 11.1. The van der Waals surface area contributed by atoms with Crippen molar-refractivity contribution in [3.05, 3.63) is 26.4 Å². The molecule has 2 N–H and O–H groups in total. The van der Waals surface area contributed by atoms with Gasteiger partial charge in [0.05, 0.1) is 32.5 Å². The van der Waals surface area contributed by atoms with Crippen LogP contribution in [0.4, 0.5) is 0 Å². The molecule has 1 fully saturated rings. The van der Waals surface area contributed by atoms with Crippen LogP contribution in [0.1, 0.15) is 38.2 Å². The number of nitrogens with zero attached hydrogens (tertiary/aromatic N) is 3. The number of hydrazone groups is 1. The molecule has 0 saturated carbocycles. The minimum atomic E-state index is -0.630. The van der Waals surface area contributed by atoms with E-state index in [0.29, 0.717) is 32.8 Å². The fraction of sp³-hybridized carbons (Fsp3) is 0.667. The van der Waals surface area contributed by atoms with Crippen molar-refractivity contribution in [3.8, 4) is 5.88 Å². The number of morpholine rings is 1. The van der Waals surface area contributed by atoms with Crippen LogP contribution in [-0.4, -0.2) is 52.2 Å². The zero-order chi connectivity index (χ0) is 16.7. The summed E-state index contributed by atoms with van der Waals surface area (Å²) in [4.78, 5) is 26.0. The number of nitrogens with one attached hydrogen (secondary N) is 1. The number of ether oxygens (including phenoxy) is 1. The van der Waals surface area contributed by atoms with Crippen LogP contribution in [0.3, 0.4) is 0 Å². The summed E-state index contributed by atoms with van der Waals surface area (Å²) in [7, 11) is 0. The van der Waals surface area contributed by atoms with Gasteiger partial charge in [-0.3, -0.25) is 19.4 Å². The van der Waals surface area contributed by atoms with Gasteiger partial charge in [0.1, 0.15) is 5.56 Å². The second-order valence-corrected chi connectivity index (χ2v) is 5.52. The van der Waals surface area contributed by atoms with E-state index in [4.69, 9.17) is 4.74 Å². The van der Waals surface area contributed by atoms with Crippen molar-refractivity contribution in [1.82, 2.24) is 14.6 Å². The number of aromatic amines is 1. The number of aromatic nitrogens is 2. The topological polar surface area (TPSA) is 99.9 Å². The van der Waals surface area contributed by atoms with E-state index in [2.05, 4.69) is 17.0 Å². The summed E-state index contributed by atoms with van der Waals surface area (Å²) in [6.07, 6.45) is 5.21. The number of hydrogen-bond acceptors (Lipinski definition) is 6. The van der Waals surface area contributed by atoms with Gasteiger partial charge >= 0.3 is 5.69 Å². The summed E-state index contributed by atoms with van der Waals surface area (Å²) in [6, 6.07) is 0. The quantitative estimate of drug-likeness (QED) is 0.561. The standard InChI is InChI=1S/C15H24N4O4/c1-2-3-4-5-6-19-14(21)12(13(20)17-15(19)22)11-16-18-7-9-23-10-8-18/h11,21H,2-10H2,1H3,(H,17,20,22)/b16-11+. The van der Waals surface area contributed by atoms with E-state index in [0.717, 1.165) is 25.7 Å². The molecule has 1 aliphatic rings. The maximum absolute atomic E-state index is 11.9. The minimum absolute atomic E-state index is 0.00610. The van der Waals surface area contributed by atoms with Crippen molar-refractivity contribution in [2.24, 2.45) is 5.10 Å². The minimum Gasteiger partial charge on any atom is -0.494 e. The maximum atomic E-state index is 11.9. The lowest BCUT2D eigenvalue weighted by Crippen LogP contribution is -2.34. The highest BCUT2D eigenvalue weighted by atomic mass is 16.5. The lowest BCUT2D eigenvalue weighted by Gasteiger charge is -2.23. The van der Waals surface area contributed by atoms with Crippen LogP contribution in [0.15, 0.2) is 14.7 Å². The lowest BCUT2D eigenvalue weighted by molar-refractivity contribution is 0.0396. The highest BCUT2D eigenvalue weighted by Gasteiger charge is 2.13. The summed E-state index contributed by atoms with van der Waals surface area (Å²) in [5.41, 5.74) is -1.21. The third kappa shape index (κ3) is 4.69. The van der Waals surface area contributed by atoms with Crippen LogP contribution in [0.25, 0.3) is 0 Å². The second kappa shape index (κ2) is 8.52. The van der Waals surface area contributed by atoms with E-state index < -0.39 is 11.2 Å². The van der Waals surface area contributed by atoms with Gasteiger partial charge in [0.15, 0.2) is 0 Å². The smallest absolute Gasteiger partial charge is 0.331 e. The average Bonchev–Trinajstić information content (AvgIpc) is 2.54. The molecule has 0 amide bonds. The Hall–Kier alpha value is -2.09. The van der Waals surface area contributed by atoms with E-state index >= 15 is 0 Å². The van der Waals surface area contributed by atoms with Crippen LogP contribution < -0.4 is 11.2 Å². The summed E-state index contributed by atoms with van der Waals surface area (Å²) in [6.45, 7) is 4.90. The molecule has 1 aromatic heterocycles. The van der Waals surface area contributed by atoms with E-state index in [1.165, 1.54) is 10.8 Å². The Morgan fingerprint density at radius 1 is 1.26 bits per heavy atom. The Balaban J connectivity index is 2.16. The summed E-state index contributed by atoms with van der Waals surface area (Å²) < 4.78 is 6.41. The van der Waals surface area contributed by atoms with Gasteiger partial charge < -0.3 is 9.84 Å². The molecule has 23 heavy (non-hydrogen) atoms. The van der Waals surface area contributed by atoms with Crippen molar-refractivity contribution in [2.45, 2.75) is 39.2 Å². The predicted molar refractivity (Wildman–Crippen MR) is 87.1 cm³/mol. The Morgan fingerprint density at radius 2 is 2.00 bits per heavy atom.